The molecule has 5 nitrogen and oxygen atoms in total. The maximum Gasteiger partial charge on any atom is 0.453 e. The number of pyridine rings is 1. The van der Waals surface area contributed by atoms with Crippen LogP contribution in [0.5, 0.6) is 0 Å². The highest BCUT2D eigenvalue weighted by atomic mass is 19.4. The molecular weight excluding hydrogens is 398 g/mol. The van der Waals surface area contributed by atoms with E-state index < -0.39 is 17.8 Å². The minimum atomic E-state index is -4.69. The average molecular weight is 411 g/mol. The Morgan fingerprint density at radius 2 is 1.70 bits per heavy atom. The summed E-state index contributed by atoms with van der Waals surface area (Å²) in [6, 6.07) is 14.5. The summed E-state index contributed by atoms with van der Waals surface area (Å²) in [6.07, 6.45) is -3.05. The van der Waals surface area contributed by atoms with Gasteiger partial charge in [0, 0.05) is 5.39 Å². The Bertz CT molecular complexity index is 1400. The van der Waals surface area contributed by atoms with Crippen LogP contribution in [0, 0.1) is 12.7 Å². The molecule has 5 aromatic rings. The largest absolute Gasteiger partial charge is 0.453 e. The van der Waals surface area contributed by atoms with Crippen LogP contribution in [0.25, 0.3) is 33.5 Å². The number of rotatable bonds is 2. The SMILES string of the molecule is Cc1cccc2cnn(-c3cc(-c4ccc(F)cc4)cc4nc(C(F)(F)F)nn34)c12. The number of fused-ring (bicyclic) bond motifs is 2. The summed E-state index contributed by atoms with van der Waals surface area (Å²) in [5.74, 6) is -1.36. The van der Waals surface area contributed by atoms with E-state index in [1.807, 2.05) is 25.1 Å². The Kier molecular flexibility index (Phi) is 3.89. The fourth-order valence-electron chi connectivity index (χ4n) is 3.47. The quantitative estimate of drug-likeness (QED) is 0.375. The molecule has 0 unspecified atom stereocenters. The van der Waals surface area contributed by atoms with E-state index in [1.54, 1.807) is 29.1 Å². The minimum Gasteiger partial charge on any atom is -0.214 e. The van der Waals surface area contributed by atoms with Gasteiger partial charge < -0.3 is 0 Å². The first kappa shape index (κ1) is 18.3. The zero-order valence-electron chi connectivity index (χ0n) is 15.5. The summed E-state index contributed by atoms with van der Waals surface area (Å²) in [4.78, 5) is 3.67. The van der Waals surface area contributed by atoms with Crippen molar-refractivity contribution in [2.24, 2.45) is 0 Å². The topological polar surface area (TPSA) is 48.0 Å². The van der Waals surface area contributed by atoms with Gasteiger partial charge in [-0.05, 0) is 47.9 Å². The second-order valence-corrected chi connectivity index (χ2v) is 6.88. The summed E-state index contributed by atoms with van der Waals surface area (Å²) < 4.78 is 55.9. The summed E-state index contributed by atoms with van der Waals surface area (Å²) in [5.41, 5.74) is 2.86. The number of benzene rings is 2. The lowest BCUT2D eigenvalue weighted by Crippen LogP contribution is -2.09. The molecule has 0 bridgehead atoms. The van der Waals surface area contributed by atoms with Crippen LogP contribution in [0.15, 0.2) is 60.8 Å². The molecule has 3 heterocycles. The molecule has 0 aliphatic carbocycles. The summed E-state index contributed by atoms with van der Waals surface area (Å²) in [6.45, 7) is 1.89. The van der Waals surface area contributed by atoms with Crippen molar-refractivity contribution in [1.29, 1.82) is 0 Å². The third-order valence-corrected chi connectivity index (χ3v) is 4.86. The van der Waals surface area contributed by atoms with Crippen LogP contribution in [0.2, 0.25) is 0 Å². The average Bonchev–Trinajstić information content (AvgIpc) is 3.32. The standard InChI is InChI=1S/C21H13F4N5/c1-12-3-2-4-14-11-26-30(19(12)14)18-10-15(13-5-7-16(22)8-6-13)9-17-27-20(21(23,24)25)28-29(17)18/h2-11H,1H3. The van der Waals surface area contributed by atoms with Gasteiger partial charge in [0.15, 0.2) is 11.5 Å². The van der Waals surface area contributed by atoms with E-state index in [0.717, 1.165) is 21.0 Å². The van der Waals surface area contributed by atoms with Crippen molar-refractivity contribution in [2.75, 3.05) is 0 Å². The van der Waals surface area contributed by atoms with E-state index in [9.17, 15) is 17.6 Å². The normalized spacial score (nSPS) is 12.2. The Morgan fingerprint density at radius 1 is 0.933 bits per heavy atom. The van der Waals surface area contributed by atoms with E-state index in [-0.39, 0.29) is 5.65 Å². The van der Waals surface area contributed by atoms with E-state index >= 15 is 0 Å². The van der Waals surface area contributed by atoms with Crippen LogP contribution in [-0.4, -0.2) is 24.4 Å². The van der Waals surface area contributed by atoms with E-state index in [0.29, 0.717) is 16.9 Å². The van der Waals surface area contributed by atoms with Crippen molar-refractivity contribution in [1.82, 2.24) is 24.4 Å². The predicted molar refractivity (Wildman–Crippen MR) is 103 cm³/mol. The van der Waals surface area contributed by atoms with Crippen molar-refractivity contribution in [2.45, 2.75) is 13.1 Å². The third kappa shape index (κ3) is 2.90. The van der Waals surface area contributed by atoms with Crippen LogP contribution < -0.4 is 0 Å². The Morgan fingerprint density at radius 3 is 2.43 bits per heavy atom. The fraction of sp³-hybridized carbons (Fsp3) is 0.0952. The molecule has 0 radical (unpaired) electrons. The van der Waals surface area contributed by atoms with Crippen LogP contribution >= 0.6 is 0 Å². The summed E-state index contributed by atoms with van der Waals surface area (Å²) in [5, 5.41) is 8.91. The lowest BCUT2D eigenvalue weighted by Gasteiger charge is -2.10. The molecular formula is C21H13F4N5. The number of para-hydroxylation sites is 1. The minimum absolute atomic E-state index is 0.0105. The molecule has 5 rings (SSSR count). The molecule has 3 aromatic heterocycles. The van der Waals surface area contributed by atoms with Gasteiger partial charge in [-0.1, -0.05) is 30.3 Å². The molecule has 0 N–H and O–H groups in total. The number of aromatic nitrogens is 5. The van der Waals surface area contributed by atoms with Crippen LogP contribution in [0.1, 0.15) is 11.4 Å². The van der Waals surface area contributed by atoms with Gasteiger partial charge in [-0.3, -0.25) is 0 Å². The number of hydrogen-bond acceptors (Lipinski definition) is 3. The molecule has 0 atom stereocenters. The van der Waals surface area contributed by atoms with E-state index in [2.05, 4.69) is 15.2 Å². The number of aryl methyl sites for hydroxylation is 1. The van der Waals surface area contributed by atoms with Crippen LogP contribution in [0.3, 0.4) is 0 Å². The van der Waals surface area contributed by atoms with Gasteiger partial charge in [0.2, 0.25) is 0 Å². The van der Waals surface area contributed by atoms with E-state index in [1.165, 1.54) is 18.2 Å². The van der Waals surface area contributed by atoms with Gasteiger partial charge in [0.05, 0.1) is 11.7 Å². The first-order chi connectivity index (χ1) is 14.3. The Balaban J connectivity index is 1.84. The Hall–Kier alpha value is -3.75. The van der Waals surface area contributed by atoms with Crippen molar-refractivity contribution < 1.29 is 17.6 Å². The summed E-state index contributed by atoms with van der Waals surface area (Å²) in [7, 11) is 0. The highest BCUT2D eigenvalue weighted by Gasteiger charge is 2.36. The highest BCUT2D eigenvalue weighted by molar-refractivity contribution is 5.83. The van der Waals surface area contributed by atoms with Gasteiger partial charge in [-0.2, -0.15) is 22.8 Å². The molecule has 0 aliphatic heterocycles. The predicted octanol–water partition coefficient (Wildman–Crippen LogP) is 5.20. The maximum absolute atomic E-state index is 13.3. The van der Waals surface area contributed by atoms with Gasteiger partial charge in [-0.15, -0.1) is 5.10 Å². The molecule has 0 spiro atoms. The molecule has 0 amide bonds. The molecule has 0 saturated heterocycles. The smallest absolute Gasteiger partial charge is 0.214 e. The first-order valence-corrected chi connectivity index (χ1v) is 8.99. The van der Waals surface area contributed by atoms with Crippen molar-refractivity contribution in [3.05, 3.63) is 78.0 Å². The van der Waals surface area contributed by atoms with Gasteiger partial charge in [0.25, 0.3) is 5.82 Å². The number of halogens is 4. The maximum atomic E-state index is 13.3. The molecule has 0 saturated carbocycles. The highest BCUT2D eigenvalue weighted by Crippen LogP contribution is 2.31. The molecule has 30 heavy (non-hydrogen) atoms. The van der Waals surface area contributed by atoms with E-state index in [4.69, 9.17) is 0 Å². The second-order valence-electron chi connectivity index (χ2n) is 6.88. The van der Waals surface area contributed by atoms with Gasteiger partial charge in [-0.25, -0.2) is 14.1 Å². The van der Waals surface area contributed by atoms with Gasteiger partial charge in [0.1, 0.15) is 5.82 Å². The monoisotopic (exact) mass is 411 g/mol. The number of hydrogen-bond donors (Lipinski definition) is 0. The molecule has 0 fully saturated rings. The van der Waals surface area contributed by atoms with Crippen LogP contribution in [-0.2, 0) is 6.18 Å². The third-order valence-electron chi connectivity index (χ3n) is 4.86. The lowest BCUT2D eigenvalue weighted by molar-refractivity contribution is -0.144. The molecule has 0 aliphatic rings. The Labute approximate surface area is 167 Å². The molecule has 2 aromatic carbocycles. The number of alkyl halides is 3. The van der Waals surface area contributed by atoms with Crippen LogP contribution in [0.4, 0.5) is 17.6 Å². The molecule has 150 valence electrons. The zero-order chi connectivity index (χ0) is 21.0. The summed E-state index contributed by atoms with van der Waals surface area (Å²) >= 11 is 0. The fourth-order valence-corrected chi connectivity index (χ4v) is 3.47. The zero-order valence-corrected chi connectivity index (χ0v) is 15.5. The number of nitrogens with zero attached hydrogens (tertiary/aromatic N) is 5. The lowest BCUT2D eigenvalue weighted by atomic mass is 10.1. The first-order valence-electron chi connectivity index (χ1n) is 8.99. The van der Waals surface area contributed by atoms with Crippen molar-refractivity contribution in [3.63, 3.8) is 0 Å². The van der Waals surface area contributed by atoms with Crippen molar-refractivity contribution >= 4 is 16.6 Å². The molecule has 9 heteroatoms. The van der Waals surface area contributed by atoms with Gasteiger partial charge >= 0.3 is 6.18 Å². The second kappa shape index (κ2) is 6.38. The van der Waals surface area contributed by atoms with Crippen molar-refractivity contribution in [3.8, 4) is 16.9 Å².